The van der Waals surface area contributed by atoms with Gasteiger partial charge < -0.3 is 20.1 Å². The van der Waals surface area contributed by atoms with Crippen molar-refractivity contribution < 1.29 is 24.2 Å². The second-order valence-corrected chi connectivity index (χ2v) is 6.34. The lowest BCUT2D eigenvalue weighted by atomic mass is 10.0. The first kappa shape index (κ1) is 19.3. The first-order valence-electron chi connectivity index (χ1n) is 8.82. The van der Waals surface area contributed by atoms with Crippen LogP contribution in [0.4, 0.5) is 5.69 Å². The largest absolute Gasteiger partial charge is 0.480 e. The highest BCUT2D eigenvalue weighted by Gasteiger charge is 2.32. The number of aliphatic carboxylic acids is 1. The van der Waals surface area contributed by atoms with Gasteiger partial charge >= 0.3 is 5.97 Å². The van der Waals surface area contributed by atoms with Crippen molar-refractivity contribution >= 4 is 23.5 Å². The molecule has 28 heavy (non-hydrogen) atoms. The number of ether oxygens (including phenoxy) is 1. The molecule has 9 heteroatoms. The van der Waals surface area contributed by atoms with Crippen LogP contribution in [-0.2, 0) is 4.79 Å². The third kappa shape index (κ3) is 4.25. The maximum Gasteiger partial charge on any atom is 0.326 e. The Morgan fingerprint density at radius 3 is 2.68 bits per heavy atom. The summed E-state index contributed by atoms with van der Waals surface area (Å²) < 4.78 is 4.90. The second kappa shape index (κ2) is 8.47. The molecule has 2 aromatic rings. The number of likely N-dealkylation sites (tertiary alicyclic amines) is 1. The van der Waals surface area contributed by atoms with Gasteiger partial charge in [0.2, 0.25) is 5.88 Å². The normalized spacial score (nSPS) is 16.3. The Morgan fingerprint density at radius 2 is 2.00 bits per heavy atom. The van der Waals surface area contributed by atoms with Crippen LogP contribution in [0.3, 0.4) is 0 Å². The molecule has 1 aromatic carbocycles. The van der Waals surface area contributed by atoms with Crippen LogP contribution in [0, 0.1) is 0 Å². The molecule has 3 rings (SSSR count). The number of nitrogens with one attached hydrogen (secondary N) is 1. The summed E-state index contributed by atoms with van der Waals surface area (Å²) in [5.41, 5.74) is 0.809. The van der Waals surface area contributed by atoms with Crippen LogP contribution in [0.25, 0.3) is 0 Å². The molecule has 1 unspecified atom stereocenters. The molecule has 0 radical (unpaired) electrons. The van der Waals surface area contributed by atoms with Crippen LogP contribution in [0.2, 0.25) is 0 Å². The highest BCUT2D eigenvalue weighted by Crippen LogP contribution is 2.21. The minimum atomic E-state index is -1.00. The van der Waals surface area contributed by atoms with Gasteiger partial charge in [-0.2, -0.15) is 0 Å². The number of benzene rings is 1. The van der Waals surface area contributed by atoms with E-state index in [0.29, 0.717) is 30.1 Å². The summed E-state index contributed by atoms with van der Waals surface area (Å²) in [6.45, 7) is 0.397. The van der Waals surface area contributed by atoms with Crippen LogP contribution < -0.4 is 10.1 Å². The molecular formula is C19H20N4O5. The maximum absolute atomic E-state index is 12.8. The molecule has 0 aliphatic carbocycles. The number of carboxylic acid groups (broad SMARTS) is 1. The predicted octanol–water partition coefficient (Wildman–Crippen LogP) is 1.82. The van der Waals surface area contributed by atoms with Gasteiger partial charge in [0.15, 0.2) is 5.69 Å². The maximum atomic E-state index is 12.8. The Kier molecular flexibility index (Phi) is 5.83. The Labute approximate surface area is 161 Å². The van der Waals surface area contributed by atoms with Gasteiger partial charge in [0, 0.05) is 23.9 Å². The minimum Gasteiger partial charge on any atom is -0.480 e. The monoisotopic (exact) mass is 384 g/mol. The van der Waals surface area contributed by atoms with Gasteiger partial charge in [0.25, 0.3) is 11.8 Å². The standard InChI is InChI=1S/C19H20N4O5/c1-28-16-9-8-14(21-22-16)17(24)20-13-6-4-5-12(11-13)18(25)23-10-3-2-7-15(23)19(26)27/h4-6,8-9,11,15H,2-3,7,10H2,1H3,(H,20,24)(H,26,27). The second-order valence-electron chi connectivity index (χ2n) is 6.34. The van der Waals surface area contributed by atoms with Gasteiger partial charge in [-0.1, -0.05) is 6.07 Å². The highest BCUT2D eigenvalue weighted by molar-refractivity contribution is 6.04. The highest BCUT2D eigenvalue weighted by atomic mass is 16.5. The molecule has 2 heterocycles. The molecule has 1 atom stereocenters. The average molecular weight is 384 g/mol. The van der Waals surface area contributed by atoms with Gasteiger partial charge in [0.05, 0.1) is 7.11 Å². The van der Waals surface area contributed by atoms with Crippen molar-refractivity contribution in [2.24, 2.45) is 0 Å². The number of amides is 2. The van der Waals surface area contributed by atoms with E-state index in [-0.39, 0.29) is 11.6 Å². The van der Waals surface area contributed by atoms with E-state index >= 15 is 0 Å². The van der Waals surface area contributed by atoms with Crippen LogP contribution in [-0.4, -0.2) is 57.7 Å². The number of hydrogen-bond donors (Lipinski definition) is 2. The number of rotatable bonds is 5. The van der Waals surface area contributed by atoms with Crippen LogP contribution >= 0.6 is 0 Å². The lowest BCUT2D eigenvalue weighted by molar-refractivity contribution is -0.143. The zero-order chi connectivity index (χ0) is 20.1. The molecule has 2 N–H and O–H groups in total. The zero-order valence-corrected chi connectivity index (χ0v) is 15.3. The topological polar surface area (TPSA) is 122 Å². The van der Waals surface area contributed by atoms with Gasteiger partial charge in [-0.05, 0) is 43.5 Å². The van der Waals surface area contributed by atoms with Crippen molar-refractivity contribution in [2.45, 2.75) is 25.3 Å². The summed E-state index contributed by atoms with van der Waals surface area (Å²) in [5, 5.41) is 19.5. The molecule has 1 aromatic heterocycles. The van der Waals surface area contributed by atoms with E-state index in [9.17, 15) is 19.5 Å². The van der Waals surface area contributed by atoms with Crippen molar-refractivity contribution in [1.82, 2.24) is 15.1 Å². The molecule has 1 fully saturated rings. The molecule has 1 aliphatic rings. The van der Waals surface area contributed by atoms with Crippen molar-refractivity contribution in [3.05, 3.63) is 47.7 Å². The molecule has 9 nitrogen and oxygen atoms in total. The smallest absolute Gasteiger partial charge is 0.326 e. The van der Waals surface area contributed by atoms with Crippen molar-refractivity contribution in [2.75, 3.05) is 19.0 Å². The number of methoxy groups -OCH3 is 1. The molecule has 2 amide bonds. The van der Waals surface area contributed by atoms with E-state index in [0.717, 1.165) is 12.8 Å². The first-order chi connectivity index (χ1) is 13.5. The van der Waals surface area contributed by atoms with Crippen molar-refractivity contribution in [3.8, 4) is 5.88 Å². The number of nitrogens with zero attached hydrogens (tertiary/aromatic N) is 3. The predicted molar refractivity (Wildman–Crippen MR) is 99.3 cm³/mol. The van der Waals surface area contributed by atoms with Crippen molar-refractivity contribution in [3.63, 3.8) is 0 Å². The number of hydrogen-bond acceptors (Lipinski definition) is 6. The fourth-order valence-corrected chi connectivity index (χ4v) is 3.07. The summed E-state index contributed by atoms with van der Waals surface area (Å²) in [7, 11) is 1.45. The van der Waals surface area contributed by atoms with E-state index in [2.05, 4.69) is 15.5 Å². The van der Waals surface area contributed by atoms with E-state index in [1.807, 2.05) is 0 Å². The quantitative estimate of drug-likeness (QED) is 0.806. The van der Waals surface area contributed by atoms with Crippen LogP contribution in [0.5, 0.6) is 5.88 Å². The number of anilines is 1. The first-order valence-corrected chi connectivity index (χ1v) is 8.82. The van der Waals surface area contributed by atoms with Gasteiger partial charge in [-0.15, -0.1) is 10.2 Å². The summed E-state index contributed by atoms with van der Waals surface area (Å²) in [6.07, 6.45) is 1.98. The van der Waals surface area contributed by atoms with E-state index in [1.165, 1.54) is 30.2 Å². The Balaban J connectivity index is 1.74. The lowest BCUT2D eigenvalue weighted by Crippen LogP contribution is -2.48. The van der Waals surface area contributed by atoms with Crippen molar-refractivity contribution in [1.29, 1.82) is 0 Å². The number of piperidine rings is 1. The summed E-state index contributed by atoms with van der Waals surface area (Å²) >= 11 is 0. The number of carboxylic acids is 1. The molecule has 1 aliphatic heterocycles. The molecule has 0 saturated carbocycles. The number of carbonyl (C=O) groups excluding carboxylic acids is 2. The van der Waals surface area contributed by atoms with Gasteiger partial charge in [-0.25, -0.2) is 4.79 Å². The third-order valence-corrected chi connectivity index (χ3v) is 4.50. The van der Waals surface area contributed by atoms with E-state index in [4.69, 9.17) is 4.74 Å². The summed E-state index contributed by atoms with van der Waals surface area (Å²) in [4.78, 5) is 37.9. The fraction of sp³-hybridized carbons (Fsp3) is 0.316. The third-order valence-electron chi connectivity index (χ3n) is 4.50. The molecule has 0 bridgehead atoms. The minimum absolute atomic E-state index is 0.0968. The summed E-state index contributed by atoms with van der Waals surface area (Å²) in [5.74, 6) is -1.57. The fourth-order valence-electron chi connectivity index (χ4n) is 3.07. The SMILES string of the molecule is COc1ccc(C(=O)Nc2cccc(C(=O)N3CCCCC3C(=O)O)c2)nn1. The van der Waals surface area contributed by atoms with Crippen LogP contribution in [0.1, 0.15) is 40.1 Å². The zero-order valence-electron chi connectivity index (χ0n) is 15.3. The number of aromatic nitrogens is 2. The Hall–Kier alpha value is -3.49. The van der Waals surface area contributed by atoms with Crippen LogP contribution in [0.15, 0.2) is 36.4 Å². The molecule has 146 valence electrons. The Morgan fingerprint density at radius 1 is 1.18 bits per heavy atom. The van der Waals surface area contributed by atoms with Gasteiger partial charge in [0.1, 0.15) is 6.04 Å². The van der Waals surface area contributed by atoms with E-state index < -0.39 is 17.9 Å². The molecular weight excluding hydrogens is 364 g/mol. The number of carbonyl (C=O) groups is 3. The molecule has 0 spiro atoms. The average Bonchev–Trinajstić information content (AvgIpc) is 2.73. The summed E-state index contributed by atoms with van der Waals surface area (Å²) in [6, 6.07) is 8.54. The molecule has 1 saturated heterocycles. The Bertz CT molecular complexity index is 884. The van der Waals surface area contributed by atoms with Gasteiger partial charge in [-0.3, -0.25) is 9.59 Å². The lowest BCUT2D eigenvalue weighted by Gasteiger charge is -2.33. The van der Waals surface area contributed by atoms with E-state index in [1.54, 1.807) is 18.2 Å².